The van der Waals surface area contributed by atoms with E-state index in [0.717, 1.165) is 23.5 Å². The molecule has 0 bridgehead atoms. The van der Waals surface area contributed by atoms with E-state index in [0.29, 0.717) is 26.3 Å². The SMILES string of the molecule is NC(=O)CSc1oc(-c2cccc(NC(=O)CSc3oc(-c4ccccc4)nc3S(=O)(=O)c3ccc(Br)cc3)c2)nc1S(=O)(=O)c1ccc(Cl)cc1. The Labute approximate surface area is 319 Å². The van der Waals surface area contributed by atoms with Gasteiger partial charge in [0.25, 0.3) is 0 Å². The number of halogens is 2. The van der Waals surface area contributed by atoms with Crippen LogP contribution >= 0.6 is 51.1 Å². The van der Waals surface area contributed by atoms with Crippen molar-refractivity contribution in [2.75, 3.05) is 16.8 Å². The molecule has 0 aliphatic rings. The maximum Gasteiger partial charge on any atom is 0.234 e. The Morgan fingerprint density at radius 2 is 1.23 bits per heavy atom. The second-order valence-corrected chi connectivity index (χ2v) is 17.7. The predicted octanol–water partition coefficient (Wildman–Crippen LogP) is 7.39. The summed E-state index contributed by atoms with van der Waals surface area (Å²) in [7, 11) is -8.33. The number of anilines is 1. The molecule has 0 saturated heterocycles. The summed E-state index contributed by atoms with van der Waals surface area (Å²) in [6.07, 6.45) is 0. The molecule has 0 saturated carbocycles. The number of oxazole rings is 2. The molecule has 18 heteroatoms. The number of carbonyl (C=O) groups is 2. The molecular weight excluding hydrogens is 836 g/mol. The quantitative estimate of drug-likeness (QED) is 0.110. The number of nitrogens with two attached hydrogens (primary N) is 1. The molecule has 6 aromatic rings. The normalized spacial score (nSPS) is 11.7. The summed E-state index contributed by atoms with van der Waals surface area (Å²) in [5, 5.41) is 2.11. The number of thioether (sulfide) groups is 2. The molecule has 2 amide bonds. The highest BCUT2D eigenvalue weighted by molar-refractivity contribution is 9.10. The van der Waals surface area contributed by atoms with E-state index < -0.39 is 36.5 Å². The fourth-order valence-electron chi connectivity index (χ4n) is 4.58. The van der Waals surface area contributed by atoms with Crippen LogP contribution in [0.2, 0.25) is 5.02 Å². The largest absolute Gasteiger partial charge is 0.428 e. The predicted molar refractivity (Wildman–Crippen MR) is 200 cm³/mol. The Hall–Kier alpha value is -4.39. The van der Waals surface area contributed by atoms with Crippen LogP contribution < -0.4 is 11.1 Å². The monoisotopic (exact) mass is 858 g/mol. The smallest absolute Gasteiger partial charge is 0.234 e. The molecule has 12 nitrogen and oxygen atoms in total. The average Bonchev–Trinajstić information content (AvgIpc) is 3.77. The molecule has 266 valence electrons. The first-order chi connectivity index (χ1) is 24.8. The topological polar surface area (TPSA) is 193 Å². The van der Waals surface area contributed by atoms with Crippen LogP contribution in [0.1, 0.15) is 0 Å². The zero-order valence-electron chi connectivity index (χ0n) is 26.4. The highest BCUT2D eigenvalue weighted by Crippen LogP contribution is 2.37. The number of primary amides is 1. The molecule has 0 aliphatic heterocycles. The number of rotatable bonds is 13. The van der Waals surface area contributed by atoms with Crippen molar-refractivity contribution in [3.8, 4) is 22.9 Å². The van der Waals surface area contributed by atoms with Gasteiger partial charge in [0.2, 0.25) is 63.5 Å². The van der Waals surface area contributed by atoms with E-state index in [1.54, 1.807) is 60.7 Å². The molecule has 0 spiro atoms. The van der Waals surface area contributed by atoms with Gasteiger partial charge < -0.3 is 19.9 Å². The number of benzene rings is 4. The molecule has 0 aliphatic carbocycles. The second-order valence-electron chi connectivity index (χ2n) is 10.7. The summed E-state index contributed by atoms with van der Waals surface area (Å²) < 4.78 is 66.7. The summed E-state index contributed by atoms with van der Waals surface area (Å²) in [5.74, 6) is -1.75. The van der Waals surface area contributed by atoms with Crippen molar-refractivity contribution in [2.45, 2.75) is 30.0 Å². The number of nitrogens with one attached hydrogen (secondary N) is 1. The second kappa shape index (κ2) is 15.7. The van der Waals surface area contributed by atoms with E-state index in [9.17, 15) is 26.4 Å². The van der Waals surface area contributed by atoms with Gasteiger partial charge in [-0.15, -0.1) is 0 Å². The molecule has 4 aromatic carbocycles. The van der Waals surface area contributed by atoms with Crippen LogP contribution in [0.3, 0.4) is 0 Å². The lowest BCUT2D eigenvalue weighted by molar-refractivity contribution is -0.115. The molecule has 2 heterocycles. The van der Waals surface area contributed by atoms with Crippen LogP contribution in [0.4, 0.5) is 5.69 Å². The Morgan fingerprint density at radius 3 is 1.81 bits per heavy atom. The minimum atomic E-state index is -4.20. The van der Waals surface area contributed by atoms with Gasteiger partial charge in [-0.1, -0.05) is 75.3 Å². The summed E-state index contributed by atoms with van der Waals surface area (Å²) in [6.45, 7) is 0. The maximum absolute atomic E-state index is 13.6. The van der Waals surface area contributed by atoms with Gasteiger partial charge >= 0.3 is 0 Å². The van der Waals surface area contributed by atoms with E-state index in [1.165, 1.54) is 42.5 Å². The third kappa shape index (κ3) is 8.46. The van der Waals surface area contributed by atoms with E-state index in [4.69, 9.17) is 26.2 Å². The minimum Gasteiger partial charge on any atom is -0.428 e. The highest BCUT2D eigenvalue weighted by Gasteiger charge is 2.31. The van der Waals surface area contributed by atoms with Gasteiger partial charge in [0, 0.05) is 26.3 Å². The van der Waals surface area contributed by atoms with Crippen LogP contribution in [-0.2, 0) is 29.3 Å². The van der Waals surface area contributed by atoms with Gasteiger partial charge in [-0.3, -0.25) is 9.59 Å². The lowest BCUT2D eigenvalue weighted by Gasteiger charge is -2.06. The van der Waals surface area contributed by atoms with Crippen molar-refractivity contribution in [3.05, 3.63) is 113 Å². The van der Waals surface area contributed by atoms with Crippen LogP contribution in [0, 0.1) is 0 Å². The fraction of sp³-hybridized carbons (Fsp3) is 0.0588. The van der Waals surface area contributed by atoms with E-state index in [-0.39, 0.29) is 48.3 Å². The number of carbonyl (C=O) groups excluding carboxylic acids is 2. The molecule has 52 heavy (non-hydrogen) atoms. The van der Waals surface area contributed by atoms with Gasteiger partial charge in [0.1, 0.15) is 0 Å². The molecule has 0 radical (unpaired) electrons. The third-order valence-electron chi connectivity index (χ3n) is 6.99. The standard InChI is InChI=1S/C34H24BrClN4O8S4/c35-22-9-13-25(14-10-22)51(43,44)32-34(47-29(39-32)20-5-2-1-3-6-20)50-19-28(42)38-24-8-4-7-21(17-24)30-40-31(33(48-30)49-18-27(37)41)52(45,46)26-15-11-23(36)12-16-26/h1-17H,18-19H2,(H2,37,41)(H,38,42). The van der Waals surface area contributed by atoms with Crippen molar-refractivity contribution in [1.82, 2.24) is 9.97 Å². The van der Waals surface area contributed by atoms with Crippen LogP contribution in [0.5, 0.6) is 0 Å². The Balaban J connectivity index is 1.24. The molecule has 6 rings (SSSR count). The third-order valence-corrected chi connectivity index (χ3v) is 13.3. The van der Waals surface area contributed by atoms with Crippen molar-refractivity contribution in [3.63, 3.8) is 0 Å². The number of amides is 2. The number of nitrogens with zero attached hydrogens (tertiary/aromatic N) is 2. The van der Waals surface area contributed by atoms with Crippen LogP contribution in [-0.4, -0.2) is 50.1 Å². The van der Waals surface area contributed by atoms with Crippen molar-refractivity contribution in [2.24, 2.45) is 5.73 Å². The van der Waals surface area contributed by atoms with Crippen molar-refractivity contribution in [1.29, 1.82) is 0 Å². The lowest BCUT2D eigenvalue weighted by Crippen LogP contribution is -2.14. The summed E-state index contributed by atoms with van der Waals surface area (Å²) in [5.41, 5.74) is 6.46. The number of hydrogen-bond acceptors (Lipinski definition) is 12. The average molecular weight is 860 g/mol. The zero-order chi connectivity index (χ0) is 37.0. The van der Waals surface area contributed by atoms with Gasteiger partial charge in [-0.25, -0.2) is 16.8 Å². The molecule has 0 atom stereocenters. The first-order valence-electron chi connectivity index (χ1n) is 14.8. The number of hydrogen-bond donors (Lipinski definition) is 2. The van der Waals surface area contributed by atoms with Crippen LogP contribution in [0.25, 0.3) is 22.9 Å². The van der Waals surface area contributed by atoms with E-state index in [1.807, 2.05) is 0 Å². The number of sulfone groups is 2. The summed E-state index contributed by atoms with van der Waals surface area (Å²) in [6, 6.07) is 26.6. The van der Waals surface area contributed by atoms with Gasteiger partial charge in [0.15, 0.2) is 0 Å². The van der Waals surface area contributed by atoms with Crippen LogP contribution in [0.15, 0.2) is 146 Å². The molecule has 0 unspecified atom stereocenters. The summed E-state index contributed by atoms with van der Waals surface area (Å²) in [4.78, 5) is 33.2. The van der Waals surface area contributed by atoms with Crippen molar-refractivity contribution < 1.29 is 35.3 Å². The summed E-state index contributed by atoms with van der Waals surface area (Å²) >= 11 is 10.9. The van der Waals surface area contributed by atoms with Gasteiger partial charge in [0.05, 0.1) is 21.3 Å². The van der Waals surface area contributed by atoms with Gasteiger partial charge in [-0.05, 0) is 78.9 Å². The lowest BCUT2D eigenvalue weighted by atomic mass is 10.2. The zero-order valence-corrected chi connectivity index (χ0v) is 32.0. The minimum absolute atomic E-state index is 0.00132. The van der Waals surface area contributed by atoms with Crippen molar-refractivity contribution >= 4 is 88.2 Å². The molecule has 0 fully saturated rings. The highest BCUT2D eigenvalue weighted by atomic mass is 79.9. The van der Waals surface area contributed by atoms with E-state index in [2.05, 4.69) is 31.2 Å². The maximum atomic E-state index is 13.6. The fourth-order valence-corrected chi connectivity index (χ4v) is 9.57. The Bertz CT molecular complexity index is 2490. The molecule has 3 N–H and O–H groups in total. The van der Waals surface area contributed by atoms with Gasteiger partial charge in [-0.2, -0.15) is 9.97 Å². The molecule has 2 aromatic heterocycles. The first kappa shape index (κ1) is 37.4. The van der Waals surface area contributed by atoms with E-state index >= 15 is 0 Å². The number of aromatic nitrogens is 2. The first-order valence-corrected chi connectivity index (χ1v) is 20.9. The Morgan fingerprint density at radius 1 is 0.712 bits per heavy atom. The molecular formula is C34H24BrClN4O8S4. The Kier molecular flexibility index (Phi) is 11.3.